The molecule has 1 aromatic rings. The maximum absolute atomic E-state index is 3.57. The van der Waals surface area contributed by atoms with Crippen LogP contribution in [-0.4, -0.2) is 31.1 Å². The summed E-state index contributed by atoms with van der Waals surface area (Å²) in [5, 5.41) is 3.57. The fraction of sp³-hybridized carbons (Fsp3) is 0.600. The molecule has 2 heteroatoms. The van der Waals surface area contributed by atoms with Crippen LogP contribution in [0.3, 0.4) is 0 Å². The van der Waals surface area contributed by atoms with Crippen molar-refractivity contribution < 1.29 is 0 Å². The zero-order chi connectivity index (χ0) is 11.9. The predicted molar refractivity (Wildman–Crippen MR) is 74.6 cm³/mol. The summed E-state index contributed by atoms with van der Waals surface area (Å²) in [6.45, 7) is 7.04. The molecule has 0 spiro atoms. The largest absolute Gasteiger partial charge is 0.384 e. The molecule has 2 rings (SSSR count). The summed E-state index contributed by atoms with van der Waals surface area (Å²) in [5.74, 6) is 0. The summed E-state index contributed by atoms with van der Waals surface area (Å²) in [6, 6.07) is 8.63. The fourth-order valence-corrected chi connectivity index (χ4v) is 2.53. The number of rotatable bonds is 5. The minimum atomic E-state index is 1.07. The number of nitrogens with zero attached hydrogens (tertiary/aromatic N) is 1. The predicted octanol–water partition coefficient (Wildman–Crippen LogP) is 3.15. The van der Waals surface area contributed by atoms with Crippen molar-refractivity contribution in [2.75, 3.05) is 31.5 Å². The molecule has 0 aliphatic carbocycles. The average molecular weight is 232 g/mol. The van der Waals surface area contributed by atoms with E-state index >= 15 is 0 Å². The normalized spacial score (nSPS) is 17.0. The number of para-hydroxylation sites is 1. The van der Waals surface area contributed by atoms with Crippen LogP contribution in [0, 0.1) is 0 Å². The Labute approximate surface area is 105 Å². The van der Waals surface area contributed by atoms with Crippen LogP contribution < -0.4 is 5.32 Å². The van der Waals surface area contributed by atoms with Gasteiger partial charge in [-0.15, -0.1) is 0 Å². The highest BCUT2D eigenvalue weighted by atomic mass is 15.1. The lowest BCUT2D eigenvalue weighted by molar-refractivity contribution is 0.237. The highest BCUT2D eigenvalue weighted by molar-refractivity contribution is 5.50. The molecule has 0 unspecified atom stereocenters. The van der Waals surface area contributed by atoms with Crippen LogP contribution in [0.25, 0.3) is 0 Å². The SMILES string of the molecule is CCc1ccccc1NCCN1CCCCC1. The summed E-state index contributed by atoms with van der Waals surface area (Å²) in [6.07, 6.45) is 5.28. The van der Waals surface area contributed by atoms with Gasteiger partial charge in [0.2, 0.25) is 0 Å². The van der Waals surface area contributed by atoms with Gasteiger partial charge in [-0.25, -0.2) is 0 Å². The first-order valence-electron chi connectivity index (χ1n) is 6.94. The second kappa shape index (κ2) is 6.65. The summed E-state index contributed by atoms with van der Waals surface area (Å²) in [4.78, 5) is 2.57. The van der Waals surface area contributed by atoms with Crippen molar-refractivity contribution >= 4 is 5.69 Å². The topological polar surface area (TPSA) is 15.3 Å². The fourth-order valence-electron chi connectivity index (χ4n) is 2.53. The number of hydrogen-bond donors (Lipinski definition) is 1. The van der Waals surface area contributed by atoms with Crippen LogP contribution >= 0.6 is 0 Å². The first-order valence-corrected chi connectivity index (χ1v) is 6.94. The molecule has 0 bridgehead atoms. The van der Waals surface area contributed by atoms with Crippen molar-refractivity contribution in [3.05, 3.63) is 29.8 Å². The Kier molecular flexibility index (Phi) is 4.87. The zero-order valence-corrected chi connectivity index (χ0v) is 10.9. The van der Waals surface area contributed by atoms with Gasteiger partial charge in [0.1, 0.15) is 0 Å². The van der Waals surface area contributed by atoms with Crippen molar-refractivity contribution in [1.82, 2.24) is 4.90 Å². The average Bonchev–Trinajstić information content (AvgIpc) is 2.40. The Morgan fingerprint density at radius 1 is 1.12 bits per heavy atom. The quantitative estimate of drug-likeness (QED) is 0.839. The van der Waals surface area contributed by atoms with Crippen LogP contribution in [-0.2, 0) is 6.42 Å². The number of benzene rings is 1. The monoisotopic (exact) mass is 232 g/mol. The number of aryl methyl sites for hydroxylation is 1. The van der Waals surface area contributed by atoms with Gasteiger partial charge in [-0.2, -0.15) is 0 Å². The van der Waals surface area contributed by atoms with E-state index in [1.807, 2.05) is 0 Å². The lowest BCUT2D eigenvalue weighted by atomic mass is 10.1. The second-order valence-corrected chi connectivity index (χ2v) is 4.84. The van der Waals surface area contributed by atoms with E-state index in [2.05, 4.69) is 41.4 Å². The van der Waals surface area contributed by atoms with Crippen LogP contribution in [0.5, 0.6) is 0 Å². The van der Waals surface area contributed by atoms with Gasteiger partial charge in [-0.1, -0.05) is 31.5 Å². The van der Waals surface area contributed by atoms with E-state index < -0.39 is 0 Å². The third-order valence-corrected chi connectivity index (χ3v) is 3.59. The Balaban J connectivity index is 1.77. The van der Waals surface area contributed by atoms with E-state index in [4.69, 9.17) is 0 Å². The first kappa shape index (κ1) is 12.4. The van der Waals surface area contributed by atoms with E-state index in [0.29, 0.717) is 0 Å². The van der Waals surface area contributed by atoms with E-state index in [0.717, 1.165) is 13.0 Å². The van der Waals surface area contributed by atoms with Gasteiger partial charge in [-0.3, -0.25) is 0 Å². The van der Waals surface area contributed by atoms with Gasteiger partial charge >= 0.3 is 0 Å². The summed E-state index contributed by atoms with van der Waals surface area (Å²) >= 11 is 0. The third-order valence-electron chi connectivity index (χ3n) is 3.59. The Bertz CT molecular complexity index is 329. The van der Waals surface area contributed by atoms with Gasteiger partial charge in [-0.05, 0) is 44.0 Å². The van der Waals surface area contributed by atoms with E-state index in [1.165, 1.54) is 50.1 Å². The first-order chi connectivity index (χ1) is 8.40. The van der Waals surface area contributed by atoms with Gasteiger partial charge in [0, 0.05) is 18.8 Å². The Morgan fingerprint density at radius 3 is 2.65 bits per heavy atom. The Hall–Kier alpha value is -1.02. The van der Waals surface area contributed by atoms with Crippen molar-refractivity contribution in [2.24, 2.45) is 0 Å². The Morgan fingerprint density at radius 2 is 1.88 bits per heavy atom. The summed E-state index contributed by atoms with van der Waals surface area (Å²) in [5.41, 5.74) is 2.73. The molecule has 0 amide bonds. The van der Waals surface area contributed by atoms with Gasteiger partial charge < -0.3 is 10.2 Å². The molecular formula is C15H24N2. The maximum Gasteiger partial charge on any atom is 0.0373 e. The van der Waals surface area contributed by atoms with Crippen molar-refractivity contribution in [2.45, 2.75) is 32.6 Å². The second-order valence-electron chi connectivity index (χ2n) is 4.84. The van der Waals surface area contributed by atoms with E-state index in [-0.39, 0.29) is 0 Å². The van der Waals surface area contributed by atoms with Crippen molar-refractivity contribution in [3.8, 4) is 0 Å². The molecule has 17 heavy (non-hydrogen) atoms. The standard InChI is InChI=1S/C15H24N2/c1-2-14-8-4-5-9-15(14)16-10-13-17-11-6-3-7-12-17/h4-5,8-9,16H,2-3,6-7,10-13H2,1H3. The van der Waals surface area contributed by atoms with Crippen LogP contribution in [0.1, 0.15) is 31.7 Å². The summed E-state index contributed by atoms with van der Waals surface area (Å²) in [7, 11) is 0. The molecule has 94 valence electrons. The van der Waals surface area contributed by atoms with Crippen molar-refractivity contribution in [3.63, 3.8) is 0 Å². The number of nitrogens with one attached hydrogen (secondary N) is 1. The van der Waals surface area contributed by atoms with Crippen LogP contribution in [0.2, 0.25) is 0 Å². The highest BCUT2D eigenvalue weighted by Crippen LogP contribution is 2.15. The molecule has 1 saturated heterocycles. The number of anilines is 1. The smallest absolute Gasteiger partial charge is 0.0373 e. The molecule has 2 nitrogen and oxygen atoms in total. The van der Waals surface area contributed by atoms with Gasteiger partial charge in [0.15, 0.2) is 0 Å². The molecule has 0 radical (unpaired) electrons. The third kappa shape index (κ3) is 3.74. The highest BCUT2D eigenvalue weighted by Gasteiger charge is 2.09. The molecule has 1 aliphatic heterocycles. The number of hydrogen-bond acceptors (Lipinski definition) is 2. The van der Waals surface area contributed by atoms with Crippen LogP contribution in [0.15, 0.2) is 24.3 Å². The lowest BCUT2D eigenvalue weighted by Crippen LogP contribution is -2.33. The molecular weight excluding hydrogens is 208 g/mol. The number of piperidine rings is 1. The molecule has 0 aromatic heterocycles. The van der Waals surface area contributed by atoms with Gasteiger partial charge in [0.05, 0.1) is 0 Å². The minimum Gasteiger partial charge on any atom is -0.384 e. The molecule has 1 N–H and O–H groups in total. The zero-order valence-electron chi connectivity index (χ0n) is 10.9. The molecule has 0 atom stereocenters. The minimum absolute atomic E-state index is 1.07. The molecule has 1 aromatic carbocycles. The van der Waals surface area contributed by atoms with Crippen molar-refractivity contribution in [1.29, 1.82) is 0 Å². The molecule has 0 saturated carbocycles. The number of likely N-dealkylation sites (tertiary alicyclic amines) is 1. The maximum atomic E-state index is 3.57. The summed E-state index contributed by atoms with van der Waals surface area (Å²) < 4.78 is 0. The molecule has 1 fully saturated rings. The van der Waals surface area contributed by atoms with E-state index in [9.17, 15) is 0 Å². The lowest BCUT2D eigenvalue weighted by Gasteiger charge is -2.26. The van der Waals surface area contributed by atoms with Crippen LogP contribution in [0.4, 0.5) is 5.69 Å². The molecule has 1 heterocycles. The van der Waals surface area contributed by atoms with Gasteiger partial charge in [0.25, 0.3) is 0 Å². The molecule has 1 aliphatic rings. The van der Waals surface area contributed by atoms with E-state index in [1.54, 1.807) is 0 Å².